The van der Waals surface area contributed by atoms with Gasteiger partial charge in [-0.2, -0.15) is 0 Å². The second kappa shape index (κ2) is 11.2. The van der Waals surface area contributed by atoms with Crippen molar-refractivity contribution in [1.82, 2.24) is 9.96 Å². The summed E-state index contributed by atoms with van der Waals surface area (Å²) in [5, 5.41) is 2.41. The zero-order valence-corrected chi connectivity index (χ0v) is 19.1. The van der Waals surface area contributed by atoms with E-state index in [1.807, 2.05) is 66.5 Å². The lowest BCUT2D eigenvalue weighted by Gasteiger charge is -2.38. The van der Waals surface area contributed by atoms with E-state index in [0.29, 0.717) is 17.5 Å². The molecule has 0 atom stereocenters. The highest BCUT2D eigenvalue weighted by molar-refractivity contribution is 6.30. The number of rotatable bonds is 8. The minimum absolute atomic E-state index is 0.121. The molecule has 0 bridgehead atoms. The van der Waals surface area contributed by atoms with Crippen molar-refractivity contribution in [3.63, 3.8) is 0 Å². The Morgan fingerprint density at radius 2 is 1.68 bits per heavy atom. The second-order valence-corrected chi connectivity index (χ2v) is 8.41. The number of nitrogens with zero attached hydrogens (tertiary/aromatic N) is 2. The monoisotopic (exact) mass is 442 g/mol. The Kier molecular flexibility index (Phi) is 8.38. The fourth-order valence-corrected chi connectivity index (χ4v) is 4.15. The van der Waals surface area contributed by atoms with Crippen LogP contribution in [-0.2, 0) is 22.7 Å². The van der Waals surface area contributed by atoms with E-state index in [4.69, 9.17) is 21.2 Å². The number of carbonyl (C=O) groups excluding carboxylic acids is 1. The van der Waals surface area contributed by atoms with Crippen LogP contribution in [0.2, 0.25) is 5.02 Å². The Morgan fingerprint density at radius 1 is 1.03 bits per heavy atom. The zero-order valence-electron chi connectivity index (χ0n) is 18.3. The lowest BCUT2D eigenvalue weighted by molar-refractivity contribution is -0.0876. The molecule has 0 saturated heterocycles. The highest BCUT2D eigenvalue weighted by Crippen LogP contribution is 2.33. The molecule has 31 heavy (non-hydrogen) atoms. The maximum absolute atomic E-state index is 13.1. The van der Waals surface area contributed by atoms with Gasteiger partial charge in [0.05, 0.1) is 7.11 Å². The van der Waals surface area contributed by atoms with Gasteiger partial charge in [0.1, 0.15) is 6.61 Å². The third-order valence-corrected chi connectivity index (χ3v) is 6.24. The molecule has 3 rings (SSSR count). The predicted octanol–water partition coefficient (Wildman–Crippen LogP) is 6.04. The van der Waals surface area contributed by atoms with Gasteiger partial charge in [0.2, 0.25) is 0 Å². The van der Waals surface area contributed by atoms with Crippen LogP contribution in [0.5, 0.6) is 0 Å². The first-order valence-corrected chi connectivity index (χ1v) is 11.0. The summed E-state index contributed by atoms with van der Waals surface area (Å²) in [7, 11) is 3.52. The molecule has 2 aromatic rings. The number of hydrogen-bond donors (Lipinski definition) is 0. The molecule has 0 unspecified atom stereocenters. The number of benzene rings is 2. The van der Waals surface area contributed by atoms with Gasteiger partial charge in [0, 0.05) is 36.3 Å². The van der Waals surface area contributed by atoms with Crippen molar-refractivity contribution in [3.8, 4) is 0 Å². The summed E-state index contributed by atoms with van der Waals surface area (Å²) in [6, 6.07) is 17.5. The third kappa shape index (κ3) is 6.49. The molecule has 0 spiro atoms. The molecule has 1 aliphatic carbocycles. The van der Waals surface area contributed by atoms with E-state index in [-0.39, 0.29) is 18.7 Å². The van der Waals surface area contributed by atoms with Crippen LogP contribution in [0.1, 0.15) is 36.8 Å². The van der Waals surface area contributed by atoms with Crippen molar-refractivity contribution in [2.45, 2.75) is 44.9 Å². The molecule has 1 amide bonds. The Morgan fingerprint density at radius 3 is 2.29 bits per heavy atom. The first-order chi connectivity index (χ1) is 15.0. The molecule has 1 fully saturated rings. The fourth-order valence-electron chi connectivity index (χ4n) is 4.03. The summed E-state index contributed by atoms with van der Waals surface area (Å²) in [5.74, 6) is 0.360. The van der Waals surface area contributed by atoms with E-state index in [1.54, 1.807) is 12.2 Å². The van der Waals surface area contributed by atoms with Crippen LogP contribution in [0.4, 0.5) is 4.79 Å². The molecular formula is C25H31ClN2O3. The number of ether oxygens (including phenoxy) is 1. The Bertz CT molecular complexity index is 849. The molecule has 0 N–H and O–H groups in total. The van der Waals surface area contributed by atoms with E-state index in [9.17, 15) is 4.79 Å². The number of hydroxylamine groups is 2. The standard InChI is InChI=1S/C25H31ClN2O3/c1-19(27(2)30-3)22-11-15-24(16-12-22)28(17-20-9-13-23(26)14-10-20)25(29)31-18-21-7-5-4-6-8-21/h4-10,13-14,22,24H,1,11-12,15-18H2,2-3H3. The molecular weight excluding hydrogens is 412 g/mol. The van der Waals surface area contributed by atoms with E-state index < -0.39 is 0 Å². The molecule has 2 aromatic carbocycles. The Balaban J connectivity index is 1.67. The molecule has 166 valence electrons. The quantitative estimate of drug-likeness (QED) is 0.467. The maximum atomic E-state index is 13.1. The van der Waals surface area contributed by atoms with Gasteiger partial charge >= 0.3 is 6.09 Å². The number of hydrogen-bond acceptors (Lipinski definition) is 4. The average Bonchev–Trinajstić information content (AvgIpc) is 2.82. The summed E-state index contributed by atoms with van der Waals surface area (Å²) < 4.78 is 5.68. The highest BCUT2D eigenvalue weighted by Gasteiger charge is 2.31. The molecule has 0 aliphatic heterocycles. The summed E-state index contributed by atoms with van der Waals surface area (Å²) in [5.41, 5.74) is 2.99. The van der Waals surface area contributed by atoms with Gasteiger partial charge in [-0.1, -0.05) is 60.6 Å². The van der Waals surface area contributed by atoms with Crippen LogP contribution in [0.15, 0.2) is 66.9 Å². The van der Waals surface area contributed by atoms with Crippen LogP contribution in [0.3, 0.4) is 0 Å². The van der Waals surface area contributed by atoms with E-state index in [0.717, 1.165) is 42.5 Å². The third-order valence-electron chi connectivity index (χ3n) is 5.99. The molecule has 5 nitrogen and oxygen atoms in total. The minimum Gasteiger partial charge on any atom is -0.445 e. The largest absolute Gasteiger partial charge is 0.445 e. The van der Waals surface area contributed by atoms with Crippen LogP contribution < -0.4 is 0 Å². The van der Waals surface area contributed by atoms with Gasteiger partial charge in [-0.05, 0) is 48.9 Å². The van der Waals surface area contributed by atoms with Crippen LogP contribution >= 0.6 is 11.6 Å². The van der Waals surface area contributed by atoms with E-state index in [2.05, 4.69) is 6.58 Å². The minimum atomic E-state index is -0.282. The van der Waals surface area contributed by atoms with Gasteiger partial charge in [-0.3, -0.25) is 9.90 Å². The number of halogens is 1. The van der Waals surface area contributed by atoms with Gasteiger partial charge < -0.3 is 9.64 Å². The second-order valence-electron chi connectivity index (χ2n) is 7.97. The van der Waals surface area contributed by atoms with Crippen molar-refractivity contribution < 1.29 is 14.4 Å². The van der Waals surface area contributed by atoms with Crippen LogP contribution in [0.25, 0.3) is 0 Å². The molecule has 0 radical (unpaired) electrons. The molecule has 1 aliphatic rings. The van der Waals surface area contributed by atoms with Crippen molar-refractivity contribution in [2.24, 2.45) is 5.92 Å². The molecule has 0 heterocycles. The first kappa shape index (κ1) is 23.2. The molecule has 6 heteroatoms. The van der Waals surface area contributed by atoms with Crippen molar-refractivity contribution in [1.29, 1.82) is 0 Å². The van der Waals surface area contributed by atoms with Gasteiger partial charge in [0.15, 0.2) is 0 Å². The van der Waals surface area contributed by atoms with Crippen LogP contribution in [0, 0.1) is 5.92 Å². The predicted molar refractivity (Wildman–Crippen MR) is 123 cm³/mol. The fraction of sp³-hybridized carbons (Fsp3) is 0.400. The highest BCUT2D eigenvalue weighted by atomic mass is 35.5. The van der Waals surface area contributed by atoms with E-state index in [1.165, 1.54) is 0 Å². The number of allylic oxidation sites excluding steroid dienone is 1. The number of carbonyl (C=O) groups is 1. The summed E-state index contributed by atoms with van der Waals surface area (Å²) in [6.45, 7) is 4.94. The lowest BCUT2D eigenvalue weighted by Crippen LogP contribution is -2.42. The average molecular weight is 443 g/mol. The zero-order chi connectivity index (χ0) is 22.2. The summed E-state index contributed by atoms with van der Waals surface area (Å²) in [6.07, 6.45) is 3.43. The summed E-state index contributed by atoms with van der Waals surface area (Å²) >= 11 is 6.03. The molecule has 1 saturated carbocycles. The SMILES string of the molecule is C=C(C1CCC(N(Cc2ccc(Cl)cc2)C(=O)OCc2ccccc2)CC1)N(C)OC. The van der Waals surface area contributed by atoms with Crippen molar-refractivity contribution in [3.05, 3.63) is 83.0 Å². The van der Waals surface area contributed by atoms with Gasteiger partial charge in [-0.25, -0.2) is 4.79 Å². The van der Waals surface area contributed by atoms with Gasteiger partial charge in [-0.15, -0.1) is 0 Å². The Labute approximate surface area is 190 Å². The summed E-state index contributed by atoms with van der Waals surface area (Å²) in [4.78, 5) is 20.2. The van der Waals surface area contributed by atoms with Crippen molar-refractivity contribution in [2.75, 3.05) is 14.2 Å². The van der Waals surface area contributed by atoms with Crippen molar-refractivity contribution >= 4 is 17.7 Å². The maximum Gasteiger partial charge on any atom is 0.410 e. The number of amides is 1. The van der Waals surface area contributed by atoms with E-state index >= 15 is 0 Å². The normalized spacial score (nSPS) is 18.3. The Hall–Kier alpha value is -2.50. The first-order valence-electron chi connectivity index (χ1n) is 10.7. The molecule has 0 aromatic heterocycles. The topological polar surface area (TPSA) is 42.0 Å². The van der Waals surface area contributed by atoms with Crippen LogP contribution in [-0.4, -0.2) is 36.3 Å². The lowest BCUT2D eigenvalue weighted by atomic mass is 9.83. The van der Waals surface area contributed by atoms with Gasteiger partial charge in [0.25, 0.3) is 0 Å². The smallest absolute Gasteiger partial charge is 0.410 e.